The molecule has 0 N–H and O–H groups in total. The summed E-state index contributed by atoms with van der Waals surface area (Å²) < 4.78 is 0. The van der Waals surface area contributed by atoms with Gasteiger partial charge in [-0.1, -0.05) is 183 Å². The zero-order valence-corrected chi connectivity index (χ0v) is 24.8. The van der Waals surface area contributed by atoms with Crippen LogP contribution in [0.4, 0.5) is 0 Å². The number of rotatable bonds is 9. The minimum atomic E-state index is -2.08. The molecular formula is C32H29P3S2. The summed E-state index contributed by atoms with van der Waals surface area (Å²) in [7, 11) is -0.636. The lowest BCUT2D eigenvalue weighted by Crippen LogP contribution is -2.23. The molecule has 5 rings (SSSR count). The van der Waals surface area contributed by atoms with Crippen LogP contribution in [0.5, 0.6) is 0 Å². The zero-order valence-electron chi connectivity index (χ0n) is 20.5. The van der Waals surface area contributed by atoms with E-state index in [0.29, 0.717) is 0 Å². The van der Waals surface area contributed by atoms with Crippen molar-refractivity contribution in [2.24, 2.45) is 0 Å². The van der Waals surface area contributed by atoms with Gasteiger partial charge in [0.1, 0.15) is 0 Å². The highest BCUT2D eigenvalue weighted by molar-refractivity contribution is 8.27. The largest absolute Gasteiger partial charge is 0.0872 e. The fourth-order valence-corrected chi connectivity index (χ4v) is 21.3. The first-order valence-corrected chi connectivity index (χ1v) is 20.0. The maximum atomic E-state index is 6.74. The van der Waals surface area contributed by atoms with Crippen LogP contribution in [0.1, 0.15) is 0 Å². The van der Waals surface area contributed by atoms with Crippen LogP contribution in [0.25, 0.3) is 0 Å². The Morgan fingerprint density at radius 1 is 0.378 bits per heavy atom. The summed E-state index contributed by atoms with van der Waals surface area (Å²) in [5, 5.41) is 6.53. The lowest BCUT2D eigenvalue weighted by Gasteiger charge is -2.33. The first-order chi connectivity index (χ1) is 18.1. The fraction of sp³-hybridized carbons (Fsp3) is 0.0625. The molecule has 0 radical (unpaired) electrons. The number of hydrogen-bond donors (Lipinski definition) is 0. The molecule has 5 aromatic rings. The Kier molecular flexibility index (Phi) is 8.67. The molecule has 5 heteroatoms. The van der Waals surface area contributed by atoms with Crippen molar-refractivity contribution in [2.75, 3.05) is 11.8 Å². The van der Waals surface area contributed by atoms with E-state index < -0.39 is 20.0 Å². The first-order valence-electron chi connectivity index (χ1n) is 12.3. The quantitative estimate of drug-likeness (QED) is 0.176. The maximum Gasteiger partial charge on any atom is 0.0150 e. The molecule has 0 atom stereocenters. The van der Waals surface area contributed by atoms with Crippen LogP contribution >= 0.6 is 20.0 Å². The van der Waals surface area contributed by atoms with Crippen LogP contribution in [-0.4, -0.2) is 11.8 Å². The Labute approximate surface area is 232 Å². The van der Waals surface area contributed by atoms with Crippen molar-refractivity contribution in [3.63, 3.8) is 0 Å². The summed E-state index contributed by atoms with van der Waals surface area (Å²) in [6, 6.07) is 50.0. The van der Waals surface area contributed by atoms with Gasteiger partial charge in [-0.05, 0) is 26.5 Å². The molecule has 0 aromatic heterocycles. The standard InChI is InChI=1S/C32H29P3S2/c36-34(29-18-8-2-9-19-29,30-20-10-3-11-21-30)26-33(28-16-6-1-7-17-28)27-35(37,31-22-12-4-13-23-31)32-24-14-5-15-25-32/h1-25H,26-27H2. The van der Waals surface area contributed by atoms with E-state index in [0.717, 1.165) is 11.8 Å². The van der Waals surface area contributed by atoms with Gasteiger partial charge in [-0.15, -0.1) is 0 Å². The Balaban J connectivity index is 1.65. The van der Waals surface area contributed by atoms with Gasteiger partial charge in [0.25, 0.3) is 0 Å². The van der Waals surface area contributed by atoms with E-state index in [1.54, 1.807) is 0 Å². The minimum Gasteiger partial charge on any atom is -0.0872 e. The molecule has 0 aliphatic carbocycles. The summed E-state index contributed by atoms with van der Waals surface area (Å²) in [5.74, 6) is 1.93. The third-order valence-corrected chi connectivity index (χ3v) is 22.6. The van der Waals surface area contributed by atoms with Crippen LogP contribution < -0.4 is 26.5 Å². The van der Waals surface area contributed by atoms with Crippen molar-refractivity contribution in [1.29, 1.82) is 0 Å². The van der Waals surface area contributed by atoms with E-state index >= 15 is 0 Å². The van der Waals surface area contributed by atoms with E-state index in [4.69, 9.17) is 23.6 Å². The molecule has 184 valence electrons. The van der Waals surface area contributed by atoms with E-state index in [2.05, 4.69) is 152 Å². The molecule has 0 nitrogen and oxygen atoms in total. The average molecular weight is 571 g/mol. The van der Waals surface area contributed by atoms with Gasteiger partial charge in [0.15, 0.2) is 0 Å². The lowest BCUT2D eigenvalue weighted by atomic mass is 10.4. The van der Waals surface area contributed by atoms with Crippen molar-refractivity contribution in [2.45, 2.75) is 0 Å². The smallest absolute Gasteiger partial charge is 0.0150 e. The predicted octanol–water partition coefficient (Wildman–Crippen LogP) is 6.97. The fourth-order valence-electron chi connectivity index (χ4n) is 4.63. The van der Waals surface area contributed by atoms with Gasteiger partial charge in [0, 0.05) is 23.9 Å². The van der Waals surface area contributed by atoms with Crippen LogP contribution in [0.2, 0.25) is 0 Å². The van der Waals surface area contributed by atoms with Crippen molar-refractivity contribution in [3.05, 3.63) is 152 Å². The molecule has 0 amide bonds. The molecule has 0 saturated heterocycles. The molecule has 0 unspecified atom stereocenters. The molecule has 5 aromatic carbocycles. The van der Waals surface area contributed by atoms with Crippen molar-refractivity contribution >= 4 is 70.1 Å². The molecule has 37 heavy (non-hydrogen) atoms. The summed E-state index contributed by atoms with van der Waals surface area (Å²) in [6.45, 7) is 0. The van der Waals surface area contributed by atoms with Gasteiger partial charge in [-0.3, -0.25) is 0 Å². The van der Waals surface area contributed by atoms with Gasteiger partial charge in [-0.2, -0.15) is 0 Å². The second-order valence-corrected chi connectivity index (χ2v) is 21.6. The van der Waals surface area contributed by atoms with Crippen LogP contribution in [-0.2, 0) is 23.6 Å². The predicted molar refractivity (Wildman–Crippen MR) is 176 cm³/mol. The second-order valence-electron chi connectivity index (χ2n) is 8.98. The highest BCUT2D eigenvalue weighted by Crippen LogP contribution is 2.62. The highest BCUT2D eigenvalue weighted by atomic mass is 32.4. The third-order valence-electron chi connectivity index (χ3n) is 6.55. The van der Waals surface area contributed by atoms with Crippen molar-refractivity contribution < 1.29 is 0 Å². The molecule has 0 aliphatic rings. The SMILES string of the molecule is S=P(CP(CP(=S)(c1ccccc1)c1ccccc1)c1ccccc1)(c1ccccc1)c1ccccc1. The van der Waals surface area contributed by atoms with Crippen LogP contribution in [0, 0.1) is 0 Å². The summed E-state index contributed by atoms with van der Waals surface area (Å²) in [4.78, 5) is 0. The highest BCUT2D eigenvalue weighted by Gasteiger charge is 2.32. The monoisotopic (exact) mass is 570 g/mol. The number of benzene rings is 5. The van der Waals surface area contributed by atoms with Gasteiger partial charge in [0.2, 0.25) is 0 Å². The van der Waals surface area contributed by atoms with Gasteiger partial charge in [-0.25, -0.2) is 0 Å². The normalized spacial score (nSPS) is 11.9. The molecule has 0 heterocycles. The molecule has 0 saturated carbocycles. The van der Waals surface area contributed by atoms with Gasteiger partial charge >= 0.3 is 0 Å². The third kappa shape index (κ3) is 5.96. The number of hydrogen-bond acceptors (Lipinski definition) is 2. The Bertz CT molecular complexity index is 1320. The Morgan fingerprint density at radius 2 is 0.622 bits per heavy atom. The van der Waals surface area contributed by atoms with Gasteiger partial charge in [0.05, 0.1) is 0 Å². The minimum absolute atomic E-state index is 0.636. The molecular weight excluding hydrogens is 541 g/mol. The topological polar surface area (TPSA) is 0 Å². The van der Waals surface area contributed by atoms with E-state index in [1.165, 1.54) is 26.5 Å². The maximum absolute atomic E-state index is 6.74. The Morgan fingerprint density at radius 3 is 0.892 bits per heavy atom. The summed E-state index contributed by atoms with van der Waals surface area (Å²) in [5.41, 5.74) is 0. The van der Waals surface area contributed by atoms with Crippen molar-refractivity contribution in [1.82, 2.24) is 0 Å². The zero-order chi connectivity index (χ0) is 25.6. The average Bonchev–Trinajstić information content (AvgIpc) is 2.99. The Hall–Kier alpha value is -2.17. The second kappa shape index (κ2) is 12.1. The molecule has 0 spiro atoms. The first kappa shape index (κ1) is 26.4. The van der Waals surface area contributed by atoms with E-state index in [1.807, 2.05) is 0 Å². The summed E-state index contributed by atoms with van der Waals surface area (Å²) in [6.07, 6.45) is 0. The van der Waals surface area contributed by atoms with Crippen LogP contribution in [0.3, 0.4) is 0 Å². The van der Waals surface area contributed by atoms with E-state index in [-0.39, 0.29) is 0 Å². The molecule has 0 bridgehead atoms. The van der Waals surface area contributed by atoms with E-state index in [9.17, 15) is 0 Å². The lowest BCUT2D eigenvalue weighted by molar-refractivity contribution is 1.72. The van der Waals surface area contributed by atoms with Gasteiger partial charge < -0.3 is 0 Å². The van der Waals surface area contributed by atoms with Crippen molar-refractivity contribution in [3.8, 4) is 0 Å². The summed E-state index contributed by atoms with van der Waals surface area (Å²) >= 11 is 13.5. The molecule has 0 aliphatic heterocycles. The van der Waals surface area contributed by atoms with Crippen LogP contribution in [0.15, 0.2) is 152 Å². The molecule has 0 fully saturated rings.